The van der Waals surface area contributed by atoms with Gasteiger partial charge in [0.25, 0.3) is 0 Å². The van der Waals surface area contributed by atoms with Crippen LogP contribution < -0.4 is 5.32 Å². The van der Waals surface area contributed by atoms with Crippen molar-refractivity contribution < 1.29 is 9.90 Å². The average Bonchev–Trinajstić information content (AvgIpc) is 2.24. The molecule has 0 radical (unpaired) electrons. The van der Waals surface area contributed by atoms with Gasteiger partial charge in [0, 0.05) is 23.1 Å². The summed E-state index contributed by atoms with van der Waals surface area (Å²) in [4.78, 5) is 11.0. The zero-order valence-electron chi connectivity index (χ0n) is 8.66. The molecule has 0 aliphatic rings. The van der Waals surface area contributed by atoms with E-state index in [1.165, 1.54) is 0 Å². The lowest BCUT2D eigenvalue weighted by atomic mass is 10.1. The number of nitrogens with one attached hydrogen (secondary N) is 1. The summed E-state index contributed by atoms with van der Waals surface area (Å²) in [6.07, 6.45) is 6.64. The van der Waals surface area contributed by atoms with E-state index in [-0.39, 0.29) is 5.56 Å². The Balaban J connectivity index is 2.76. The molecule has 0 saturated carbocycles. The Hall–Kier alpha value is -1.47. The van der Waals surface area contributed by atoms with Gasteiger partial charge < -0.3 is 10.4 Å². The second kappa shape index (κ2) is 6.19. The molecule has 0 saturated heterocycles. The van der Waals surface area contributed by atoms with E-state index in [9.17, 15) is 4.79 Å². The number of unbranched alkanes of at least 4 members (excludes halogenated alkanes) is 1. The number of carboxylic acid groups (broad SMARTS) is 1. The number of hydrogen-bond acceptors (Lipinski definition) is 2. The van der Waals surface area contributed by atoms with Crippen LogP contribution >= 0.6 is 15.9 Å². The first-order chi connectivity index (χ1) is 7.66. The summed E-state index contributed by atoms with van der Waals surface area (Å²) in [5, 5.41) is 12.1. The van der Waals surface area contributed by atoms with Crippen LogP contribution in [0.25, 0.3) is 0 Å². The van der Waals surface area contributed by atoms with Gasteiger partial charge in [0.1, 0.15) is 0 Å². The van der Waals surface area contributed by atoms with E-state index in [2.05, 4.69) is 27.2 Å². The molecular weight excluding hydrogens is 270 g/mol. The number of benzene rings is 1. The highest BCUT2D eigenvalue weighted by Gasteiger charge is 2.12. The van der Waals surface area contributed by atoms with Gasteiger partial charge in [0.15, 0.2) is 0 Å². The van der Waals surface area contributed by atoms with Crippen LogP contribution in [0.2, 0.25) is 0 Å². The molecule has 0 aliphatic heterocycles. The van der Waals surface area contributed by atoms with E-state index >= 15 is 0 Å². The Bertz CT molecular complexity index is 424. The largest absolute Gasteiger partial charge is 0.478 e. The quantitative estimate of drug-likeness (QED) is 0.644. The summed E-state index contributed by atoms with van der Waals surface area (Å²) in [6, 6.07) is 5.24. The summed E-state index contributed by atoms with van der Waals surface area (Å²) in [5.41, 5.74) is 0.863. The van der Waals surface area contributed by atoms with E-state index in [0.717, 1.165) is 6.42 Å². The molecule has 2 N–H and O–H groups in total. The van der Waals surface area contributed by atoms with Gasteiger partial charge in [0.2, 0.25) is 0 Å². The molecule has 1 aromatic rings. The van der Waals surface area contributed by atoms with Gasteiger partial charge in [-0.05, 0) is 34.5 Å². The van der Waals surface area contributed by atoms with E-state index in [4.69, 9.17) is 11.5 Å². The van der Waals surface area contributed by atoms with Gasteiger partial charge in [0.05, 0.1) is 5.56 Å². The summed E-state index contributed by atoms with van der Waals surface area (Å²) >= 11 is 3.22. The lowest BCUT2D eigenvalue weighted by molar-refractivity contribution is 0.0697. The second-order valence-corrected chi connectivity index (χ2v) is 4.06. The predicted octanol–water partition coefficient (Wildman–Crippen LogP) is 2.97. The summed E-state index contributed by atoms with van der Waals surface area (Å²) in [5.74, 6) is 1.59. The van der Waals surface area contributed by atoms with Crippen molar-refractivity contribution in [3.05, 3.63) is 28.2 Å². The molecule has 0 amide bonds. The van der Waals surface area contributed by atoms with Gasteiger partial charge in [-0.2, -0.15) is 0 Å². The lowest BCUT2D eigenvalue weighted by Gasteiger charge is -2.09. The molecule has 1 rings (SSSR count). The molecule has 1 aromatic carbocycles. The number of hydrogen-bond donors (Lipinski definition) is 2. The minimum Gasteiger partial charge on any atom is -0.478 e. The molecule has 0 heterocycles. The Morgan fingerprint density at radius 2 is 2.31 bits per heavy atom. The smallest absolute Gasteiger partial charge is 0.338 e. The van der Waals surface area contributed by atoms with Crippen LogP contribution in [-0.4, -0.2) is 17.6 Å². The second-order valence-electron chi connectivity index (χ2n) is 3.20. The fourth-order valence-electron chi connectivity index (χ4n) is 1.30. The van der Waals surface area contributed by atoms with E-state index in [0.29, 0.717) is 23.1 Å². The van der Waals surface area contributed by atoms with E-state index in [1.54, 1.807) is 18.2 Å². The Labute approximate surface area is 103 Å². The number of carbonyl (C=O) groups is 1. The SMILES string of the molecule is C#CCCCNc1cccc(Br)c1C(=O)O. The van der Waals surface area contributed by atoms with Crippen LogP contribution in [0.5, 0.6) is 0 Å². The molecule has 4 heteroatoms. The van der Waals surface area contributed by atoms with Crippen molar-refractivity contribution in [3.63, 3.8) is 0 Å². The van der Waals surface area contributed by atoms with Gasteiger partial charge in [-0.3, -0.25) is 0 Å². The molecule has 0 atom stereocenters. The summed E-state index contributed by atoms with van der Waals surface area (Å²) < 4.78 is 0.571. The topological polar surface area (TPSA) is 49.3 Å². The van der Waals surface area contributed by atoms with Gasteiger partial charge in [-0.15, -0.1) is 12.3 Å². The number of halogens is 1. The predicted molar refractivity (Wildman–Crippen MR) is 67.7 cm³/mol. The normalized spacial score (nSPS) is 9.50. The zero-order valence-corrected chi connectivity index (χ0v) is 10.3. The minimum atomic E-state index is -0.952. The fourth-order valence-corrected chi connectivity index (χ4v) is 1.84. The Morgan fingerprint density at radius 1 is 1.56 bits per heavy atom. The average molecular weight is 282 g/mol. The first kappa shape index (κ1) is 12.6. The van der Waals surface area contributed by atoms with Gasteiger partial charge in [-0.25, -0.2) is 4.79 Å². The highest BCUT2D eigenvalue weighted by Crippen LogP contribution is 2.24. The maximum Gasteiger partial charge on any atom is 0.338 e. The first-order valence-corrected chi connectivity index (χ1v) is 5.65. The van der Waals surface area contributed by atoms with Crippen LogP contribution in [-0.2, 0) is 0 Å². The molecule has 0 aromatic heterocycles. The molecule has 16 heavy (non-hydrogen) atoms. The molecule has 84 valence electrons. The van der Waals surface area contributed by atoms with E-state index in [1.807, 2.05) is 0 Å². The van der Waals surface area contributed by atoms with Crippen molar-refractivity contribution in [2.24, 2.45) is 0 Å². The number of anilines is 1. The van der Waals surface area contributed by atoms with Crippen LogP contribution in [0.1, 0.15) is 23.2 Å². The zero-order chi connectivity index (χ0) is 12.0. The Kier molecular flexibility index (Phi) is 4.87. The molecule has 0 bridgehead atoms. The van der Waals surface area contributed by atoms with Crippen molar-refractivity contribution in [3.8, 4) is 12.3 Å². The van der Waals surface area contributed by atoms with Crippen molar-refractivity contribution in [1.82, 2.24) is 0 Å². The van der Waals surface area contributed by atoms with Gasteiger partial charge >= 0.3 is 5.97 Å². The van der Waals surface area contributed by atoms with E-state index < -0.39 is 5.97 Å². The van der Waals surface area contributed by atoms with Crippen LogP contribution in [0.3, 0.4) is 0 Å². The standard InChI is InChI=1S/C12H12BrNO2/c1-2-3-4-8-14-10-7-5-6-9(13)11(10)12(15)16/h1,5-7,14H,3-4,8H2,(H,15,16). The molecular formula is C12H12BrNO2. The van der Waals surface area contributed by atoms with Crippen LogP contribution in [0.4, 0.5) is 5.69 Å². The third-order valence-corrected chi connectivity index (χ3v) is 2.70. The minimum absolute atomic E-state index is 0.253. The summed E-state index contributed by atoms with van der Waals surface area (Å²) in [6.45, 7) is 0.668. The fraction of sp³-hybridized carbons (Fsp3) is 0.250. The van der Waals surface area contributed by atoms with Crippen molar-refractivity contribution in [2.45, 2.75) is 12.8 Å². The van der Waals surface area contributed by atoms with Crippen molar-refractivity contribution in [2.75, 3.05) is 11.9 Å². The van der Waals surface area contributed by atoms with Crippen molar-refractivity contribution >= 4 is 27.6 Å². The molecule has 0 spiro atoms. The molecule has 0 aliphatic carbocycles. The molecule has 0 unspecified atom stereocenters. The maximum atomic E-state index is 11.0. The van der Waals surface area contributed by atoms with Crippen LogP contribution in [0, 0.1) is 12.3 Å². The molecule has 3 nitrogen and oxygen atoms in total. The van der Waals surface area contributed by atoms with Crippen molar-refractivity contribution in [1.29, 1.82) is 0 Å². The lowest BCUT2D eigenvalue weighted by Crippen LogP contribution is -2.08. The highest BCUT2D eigenvalue weighted by atomic mass is 79.9. The number of aromatic carboxylic acids is 1. The third kappa shape index (κ3) is 3.28. The monoisotopic (exact) mass is 281 g/mol. The first-order valence-electron chi connectivity index (χ1n) is 4.86. The number of rotatable bonds is 5. The number of terminal acetylenes is 1. The third-order valence-electron chi connectivity index (χ3n) is 2.04. The van der Waals surface area contributed by atoms with Crippen LogP contribution in [0.15, 0.2) is 22.7 Å². The summed E-state index contributed by atoms with van der Waals surface area (Å²) in [7, 11) is 0. The molecule has 0 fully saturated rings. The highest BCUT2D eigenvalue weighted by molar-refractivity contribution is 9.10. The number of carboxylic acids is 1. The van der Waals surface area contributed by atoms with Gasteiger partial charge in [-0.1, -0.05) is 6.07 Å². The maximum absolute atomic E-state index is 11.0. The Morgan fingerprint density at radius 3 is 2.94 bits per heavy atom.